The van der Waals surface area contributed by atoms with E-state index in [9.17, 15) is 17.6 Å². The molecule has 2 rings (SSSR count). The summed E-state index contributed by atoms with van der Waals surface area (Å²) < 4.78 is 41.3. The average Bonchev–Trinajstić information content (AvgIpc) is 2.48. The number of nitrogens with one attached hydrogen (secondary N) is 1. The van der Waals surface area contributed by atoms with Gasteiger partial charge in [0, 0.05) is 11.9 Å². The van der Waals surface area contributed by atoms with Crippen molar-refractivity contribution in [3.05, 3.63) is 59.9 Å². The maximum absolute atomic E-state index is 12.9. The Morgan fingerprint density at radius 3 is 2.40 bits per heavy atom. The molecule has 0 fully saturated rings. The van der Waals surface area contributed by atoms with E-state index in [-0.39, 0.29) is 5.75 Å². The molecule has 134 valence electrons. The second-order valence-corrected chi connectivity index (χ2v) is 8.43. The van der Waals surface area contributed by atoms with E-state index in [0.29, 0.717) is 17.0 Å². The van der Waals surface area contributed by atoms with Gasteiger partial charge >= 0.3 is 0 Å². The van der Waals surface area contributed by atoms with Crippen molar-refractivity contribution >= 4 is 21.4 Å². The molecule has 0 heterocycles. The highest BCUT2D eigenvalue weighted by Gasteiger charge is 2.30. The SMILES string of the molecule is CC(C)(Oc1ccc(F)cc1)C(=O)Nc1cccc(CS(C)(=O)=O)c1. The second kappa shape index (κ2) is 7.23. The van der Waals surface area contributed by atoms with Crippen molar-refractivity contribution in [2.75, 3.05) is 11.6 Å². The highest BCUT2D eigenvalue weighted by molar-refractivity contribution is 7.89. The quantitative estimate of drug-likeness (QED) is 0.853. The van der Waals surface area contributed by atoms with Crippen molar-refractivity contribution in [1.82, 2.24) is 0 Å². The van der Waals surface area contributed by atoms with Crippen LogP contribution in [0.5, 0.6) is 5.75 Å². The minimum atomic E-state index is -3.16. The van der Waals surface area contributed by atoms with Crippen LogP contribution in [0.3, 0.4) is 0 Å². The first-order valence-corrected chi connectivity index (χ1v) is 9.64. The maximum atomic E-state index is 12.9. The zero-order chi connectivity index (χ0) is 18.7. The fraction of sp³-hybridized carbons (Fsp3) is 0.278. The van der Waals surface area contributed by atoms with Gasteiger partial charge in [0.2, 0.25) is 0 Å². The molecule has 0 atom stereocenters. The molecule has 0 saturated carbocycles. The lowest BCUT2D eigenvalue weighted by atomic mass is 10.1. The number of amides is 1. The van der Waals surface area contributed by atoms with Gasteiger partial charge < -0.3 is 10.1 Å². The Hall–Kier alpha value is -2.41. The van der Waals surface area contributed by atoms with Crippen LogP contribution >= 0.6 is 0 Å². The standard InChI is InChI=1S/C18H20FNO4S/c1-18(2,24-16-9-7-14(19)8-10-16)17(21)20-15-6-4-5-13(11-15)12-25(3,22)23/h4-11H,12H2,1-3H3,(H,20,21). The molecule has 0 aliphatic carbocycles. The summed E-state index contributed by atoms with van der Waals surface area (Å²) in [5.74, 6) is -0.537. The highest BCUT2D eigenvalue weighted by atomic mass is 32.2. The molecule has 1 amide bonds. The van der Waals surface area contributed by atoms with Crippen LogP contribution in [0, 0.1) is 5.82 Å². The Labute approximate surface area is 146 Å². The Morgan fingerprint density at radius 2 is 1.80 bits per heavy atom. The second-order valence-electron chi connectivity index (χ2n) is 6.29. The number of carbonyl (C=O) groups is 1. The first-order valence-electron chi connectivity index (χ1n) is 7.58. The summed E-state index contributed by atoms with van der Waals surface area (Å²) in [5, 5.41) is 2.71. The molecule has 2 aromatic carbocycles. The van der Waals surface area contributed by atoms with E-state index < -0.39 is 27.2 Å². The van der Waals surface area contributed by atoms with Crippen LogP contribution in [-0.2, 0) is 20.4 Å². The van der Waals surface area contributed by atoms with Gasteiger partial charge in [-0.3, -0.25) is 4.79 Å². The van der Waals surface area contributed by atoms with Crippen LogP contribution in [0.1, 0.15) is 19.4 Å². The lowest BCUT2D eigenvalue weighted by molar-refractivity contribution is -0.128. The summed E-state index contributed by atoms with van der Waals surface area (Å²) in [6, 6.07) is 12.0. The van der Waals surface area contributed by atoms with Crippen molar-refractivity contribution in [3.63, 3.8) is 0 Å². The number of ether oxygens (including phenoxy) is 1. The van der Waals surface area contributed by atoms with E-state index in [0.717, 1.165) is 6.26 Å². The van der Waals surface area contributed by atoms with Gasteiger partial charge in [-0.25, -0.2) is 12.8 Å². The van der Waals surface area contributed by atoms with E-state index in [1.165, 1.54) is 24.3 Å². The minimum absolute atomic E-state index is 0.105. The van der Waals surface area contributed by atoms with E-state index >= 15 is 0 Å². The van der Waals surface area contributed by atoms with Gasteiger partial charge in [0.05, 0.1) is 5.75 Å². The van der Waals surface area contributed by atoms with Gasteiger partial charge in [-0.1, -0.05) is 12.1 Å². The van der Waals surface area contributed by atoms with E-state index in [1.807, 2.05) is 0 Å². The number of rotatable bonds is 6. The van der Waals surface area contributed by atoms with Crippen molar-refractivity contribution < 1.29 is 22.3 Å². The van der Waals surface area contributed by atoms with E-state index in [2.05, 4.69) is 5.32 Å². The van der Waals surface area contributed by atoms with Crippen molar-refractivity contribution in [2.24, 2.45) is 0 Å². The van der Waals surface area contributed by atoms with Crippen molar-refractivity contribution in [2.45, 2.75) is 25.2 Å². The van der Waals surface area contributed by atoms with Crippen LogP contribution in [-0.4, -0.2) is 26.2 Å². The Balaban J connectivity index is 2.09. The zero-order valence-electron chi connectivity index (χ0n) is 14.2. The van der Waals surface area contributed by atoms with E-state index in [1.54, 1.807) is 38.1 Å². The third-order valence-corrected chi connectivity index (χ3v) is 4.20. The lowest BCUT2D eigenvalue weighted by Gasteiger charge is -2.25. The Kier molecular flexibility index (Phi) is 5.47. The van der Waals surface area contributed by atoms with Crippen LogP contribution in [0.2, 0.25) is 0 Å². The minimum Gasteiger partial charge on any atom is -0.478 e. The average molecular weight is 365 g/mol. The number of carbonyl (C=O) groups excluding carboxylic acids is 1. The number of halogens is 1. The number of anilines is 1. The van der Waals surface area contributed by atoms with Gasteiger partial charge in [0.25, 0.3) is 5.91 Å². The molecule has 5 nitrogen and oxygen atoms in total. The zero-order valence-corrected chi connectivity index (χ0v) is 15.1. The molecule has 2 aromatic rings. The van der Waals surface area contributed by atoms with E-state index in [4.69, 9.17) is 4.74 Å². The number of benzene rings is 2. The molecule has 0 aromatic heterocycles. The molecular formula is C18H20FNO4S. The number of sulfone groups is 1. The largest absolute Gasteiger partial charge is 0.478 e. The fourth-order valence-corrected chi connectivity index (χ4v) is 2.95. The van der Waals surface area contributed by atoms with Crippen LogP contribution in [0.4, 0.5) is 10.1 Å². The summed E-state index contributed by atoms with van der Waals surface area (Å²) in [7, 11) is -3.16. The molecule has 0 aliphatic heterocycles. The predicted octanol–water partition coefficient (Wildman–Crippen LogP) is 3.17. The Morgan fingerprint density at radius 1 is 1.16 bits per heavy atom. The smallest absolute Gasteiger partial charge is 0.267 e. The van der Waals surface area contributed by atoms with Crippen molar-refractivity contribution in [3.8, 4) is 5.75 Å². The lowest BCUT2D eigenvalue weighted by Crippen LogP contribution is -2.42. The van der Waals surface area contributed by atoms with Crippen LogP contribution < -0.4 is 10.1 Å². The molecule has 1 N–H and O–H groups in total. The first-order chi connectivity index (χ1) is 11.5. The van der Waals surface area contributed by atoms with Gasteiger partial charge in [0.15, 0.2) is 15.4 Å². The summed E-state index contributed by atoms with van der Waals surface area (Å²) in [6.45, 7) is 3.18. The first kappa shape index (κ1) is 18.9. The predicted molar refractivity (Wildman–Crippen MR) is 94.7 cm³/mol. The van der Waals surface area contributed by atoms with Crippen molar-refractivity contribution in [1.29, 1.82) is 0 Å². The van der Waals surface area contributed by atoms with Gasteiger partial charge in [0.1, 0.15) is 11.6 Å². The Bertz CT molecular complexity index is 861. The summed E-state index contributed by atoms with van der Waals surface area (Å²) in [4.78, 5) is 12.5. The topological polar surface area (TPSA) is 72.5 Å². The van der Waals surface area contributed by atoms with Gasteiger partial charge in [-0.05, 0) is 55.8 Å². The van der Waals surface area contributed by atoms with Crippen LogP contribution in [0.15, 0.2) is 48.5 Å². The van der Waals surface area contributed by atoms with Gasteiger partial charge in [-0.2, -0.15) is 0 Å². The molecule has 25 heavy (non-hydrogen) atoms. The molecule has 0 radical (unpaired) electrons. The number of hydrogen-bond donors (Lipinski definition) is 1. The molecule has 0 aliphatic rings. The monoisotopic (exact) mass is 365 g/mol. The molecule has 0 unspecified atom stereocenters. The highest BCUT2D eigenvalue weighted by Crippen LogP contribution is 2.21. The summed E-state index contributed by atoms with van der Waals surface area (Å²) in [5.41, 5.74) is -0.149. The van der Waals surface area contributed by atoms with Gasteiger partial charge in [-0.15, -0.1) is 0 Å². The normalized spacial score (nSPS) is 11.8. The number of hydrogen-bond acceptors (Lipinski definition) is 4. The van der Waals surface area contributed by atoms with Crippen LogP contribution in [0.25, 0.3) is 0 Å². The summed E-state index contributed by atoms with van der Waals surface area (Å²) in [6.07, 6.45) is 1.15. The molecular weight excluding hydrogens is 345 g/mol. The molecule has 7 heteroatoms. The maximum Gasteiger partial charge on any atom is 0.267 e. The summed E-state index contributed by atoms with van der Waals surface area (Å²) >= 11 is 0. The molecule has 0 saturated heterocycles. The third-order valence-electron chi connectivity index (χ3n) is 3.35. The molecule has 0 spiro atoms. The molecule has 0 bridgehead atoms. The fourth-order valence-electron chi connectivity index (χ4n) is 2.17. The third kappa shape index (κ3) is 5.86.